The zero-order chi connectivity index (χ0) is 12.3. The van der Waals surface area contributed by atoms with Gasteiger partial charge in [0.05, 0.1) is 12.7 Å². The molecule has 0 aliphatic rings. The summed E-state index contributed by atoms with van der Waals surface area (Å²) in [7, 11) is 1.62. The van der Waals surface area contributed by atoms with E-state index in [1.807, 2.05) is 19.1 Å². The van der Waals surface area contributed by atoms with Crippen molar-refractivity contribution in [3.05, 3.63) is 23.2 Å². The third kappa shape index (κ3) is 2.68. The lowest BCUT2D eigenvalue weighted by molar-refractivity contribution is 0.416. The average Bonchev–Trinajstić information content (AvgIpc) is 2.78. The predicted octanol–water partition coefficient (Wildman–Crippen LogP) is 3.30. The van der Waals surface area contributed by atoms with Crippen molar-refractivity contribution >= 4 is 28.1 Å². The minimum atomic E-state index is 0.654. The van der Waals surface area contributed by atoms with E-state index in [1.165, 1.54) is 11.3 Å². The number of hydrogen-bond donors (Lipinski definition) is 1. The Bertz CT molecular complexity index is 515. The van der Waals surface area contributed by atoms with Crippen LogP contribution in [0.5, 0.6) is 5.75 Å². The number of nitrogens with one attached hydrogen (secondary N) is 1. The van der Waals surface area contributed by atoms with Crippen LogP contribution in [0.4, 0.5) is 5.13 Å². The summed E-state index contributed by atoms with van der Waals surface area (Å²) in [5.41, 5.74) is 0.863. The highest BCUT2D eigenvalue weighted by molar-refractivity contribution is 7.18. The second-order valence-corrected chi connectivity index (χ2v) is 4.70. The Morgan fingerprint density at radius 3 is 2.94 bits per heavy atom. The van der Waals surface area contributed by atoms with Crippen LogP contribution in [0.2, 0.25) is 5.02 Å². The van der Waals surface area contributed by atoms with Crippen LogP contribution >= 0.6 is 22.9 Å². The van der Waals surface area contributed by atoms with Crippen LogP contribution in [0.25, 0.3) is 10.6 Å². The molecule has 6 heteroatoms. The maximum absolute atomic E-state index is 5.98. The van der Waals surface area contributed by atoms with Crippen molar-refractivity contribution in [3.8, 4) is 16.3 Å². The first-order valence-corrected chi connectivity index (χ1v) is 6.35. The lowest BCUT2D eigenvalue weighted by atomic mass is 10.2. The van der Waals surface area contributed by atoms with Gasteiger partial charge in [-0.05, 0) is 25.1 Å². The summed E-state index contributed by atoms with van der Waals surface area (Å²) in [5.74, 6) is 0.744. The molecule has 1 heterocycles. The Hall–Kier alpha value is -1.33. The predicted molar refractivity (Wildman–Crippen MR) is 71.1 cm³/mol. The highest BCUT2D eigenvalue weighted by Crippen LogP contribution is 2.35. The Kier molecular flexibility index (Phi) is 3.81. The van der Waals surface area contributed by atoms with Gasteiger partial charge in [0, 0.05) is 11.6 Å². The number of nitrogens with zero attached hydrogens (tertiary/aromatic N) is 2. The highest BCUT2D eigenvalue weighted by atomic mass is 35.5. The smallest absolute Gasteiger partial charge is 0.205 e. The summed E-state index contributed by atoms with van der Waals surface area (Å²) in [6.07, 6.45) is 0. The van der Waals surface area contributed by atoms with Gasteiger partial charge < -0.3 is 10.1 Å². The van der Waals surface area contributed by atoms with Crippen LogP contribution in [0, 0.1) is 0 Å². The number of rotatable bonds is 4. The molecule has 1 aromatic heterocycles. The van der Waals surface area contributed by atoms with E-state index in [1.54, 1.807) is 13.2 Å². The van der Waals surface area contributed by atoms with Crippen LogP contribution in [0.1, 0.15) is 6.92 Å². The highest BCUT2D eigenvalue weighted by Gasteiger charge is 2.11. The summed E-state index contributed by atoms with van der Waals surface area (Å²) in [5, 5.41) is 13.5. The zero-order valence-electron chi connectivity index (χ0n) is 9.53. The quantitative estimate of drug-likeness (QED) is 0.925. The van der Waals surface area contributed by atoms with Gasteiger partial charge >= 0.3 is 0 Å². The number of hydrogen-bond acceptors (Lipinski definition) is 5. The molecule has 0 aliphatic heterocycles. The van der Waals surface area contributed by atoms with Crippen molar-refractivity contribution in [2.75, 3.05) is 19.0 Å². The van der Waals surface area contributed by atoms with Gasteiger partial charge in [-0.2, -0.15) is 0 Å². The number of methoxy groups -OCH3 is 1. The van der Waals surface area contributed by atoms with Gasteiger partial charge in [-0.25, -0.2) is 0 Å². The number of anilines is 1. The molecule has 0 radical (unpaired) electrons. The summed E-state index contributed by atoms with van der Waals surface area (Å²) < 4.78 is 5.28. The van der Waals surface area contributed by atoms with E-state index >= 15 is 0 Å². The normalized spacial score (nSPS) is 10.3. The number of benzene rings is 1. The van der Waals surface area contributed by atoms with Crippen LogP contribution in [0.3, 0.4) is 0 Å². The lowest BCUT2D eigenvalue weighted by Crippen LogP contribution is -1.94. The van der Waals surface area contributed by atoms with Gasteiger partial charge in [-0.15, -0.1) is 10.2 Å². The number of halogens is 1. The summed E-state index contributed by atoms with van der Waals surface area (Å²) in [6, 6.07) is 5.44. The van der Waals surface area contributed by atoms with E-state index in [0.717, 1.165) is 28.0 Å². The molecule has 0 bridgehead atoms. The number of ether oxygens (including phenoxy) is 1. The Morgan fingerprint density at radius 2 is 2.24 bits per heavy atom. The van der Waals surface area contributed by atoms with E-state index in [0.29, 0.717) is 5.02 Å². The maximum Gasteiger partial charge on any atom is 0.205 e. The molecule has 0 saturated heterocycles. The molecule has 17 heavy (non-hydrogen) atoms. The van der Waals surface area contributed by atoms with Crippen LogP contribution in [-0.2, 0) is 0 Å². The molecular weight excluding hydrogens is 258 g/mol. The zero-order valence-corrected chi connectivity index (χ0v) is 11.1. The monoisotopic (exact) mass is 269 g/mol. The average molecular weight is 270 g/mol. The fourth-order valence-corrected chi connectivity index (χ4v) is 2.41. The largest absolute Gasteiger partial charge is 0.496 e. The molecule has 1 aromatic carbocycles. The fourth-order valence-electron chi connectivity index (χ4n) is 1.40. The molecule has 0 aliphatic carbocycles. The second kappa shape index (κ2) is 5.33. The molecular formula is C11H12ClN3OS. The minimum absolute atomic E-state index is 0.654. The van der Waals surface area contributed by atoms with Gasteiger partial charge in [-0.3, -0.25) is 0 Å². The van der Waals surface area contributed by atoms with Crippen molar-refractivity contribution in [1.29, 1.82) is 0 Å². The lowest BCUT2D eigenvalue weighted by Gasteiger charge is -2.05. The first-order valence-electron chi connectivity index (χ1n) is 5.16. The van der Waals surface area contributed by atoms with E-state index in [4.69, 9.17) is 16.3 Å². The van der Waals surface area contributed by atoms with Gasteiger partial charge in [-0.1, -0.05) is 22.9 Å². The van der Waals surface area contributed by atoms with E-state index in [9.17, 15) is 0 Å². The Morgan fingerprint density at radius 1 is 1.41 bits per heavy atom. The van der Waals surface area contributed by atoms with Crippen LogP contribution < -0.4 is 10.1 Å². The van der Waals surface area contributed by atoms with Gasteiger partial charge in [0.15, 0.2) is 5.01 Å². The van der Waals surface area contributed by atoms with Crippen LogP contribution in [0.15, 0.2) is 18.2 Å². The molecule has 90 valence electrons. The molecule has 2 rings (SSSR count). The van der Waals surface area contributed by atoms with Crippen molar-refractivity contribution in [2.45, 2.75) is 6.92 Å². The molecule has 4 nitrogen and oxygen atoms in total. The Balaban J connectivity index is 2.40. The molecule has 0 unspecified atom stereocenters. The van der Waals surface area contributed by atoms with Gasteiger partial charge in [0.25, 0.3) is 0 Å². The fraction of sp³-hybridized carbons (Fsp3) is 0.273. The van der Waals surface area contributed by atoms with Crippen molar-refractivity contribution in [3.63, 3.8) is 0 Å². The summed E-state index contributed by atoms with van der Waals surface area (Å²) >= 11 is 7.45. The molecule has 0 spiro atoms. The van der Waals surface area contributed by atoms with Gasteiger partial charge in [0.2, 0.25) is 5.13 Å². The van der Waals surface area contributed by atoms with E-state index < -0.39 is 0 Å². The summed E-state index contributed by atoms with van der Waals surface area (Å²) in [4.78, 5) is 0. The third-order valence-corrected chi connectivity index (χ3v) is 3.29. The molecule has 0 fully saturated rings. The molecule has 0 amide bonds. The van der Waals surface area contributed by atoms with E-state index in [-0.39, 0.29) is 0 Å². The molecule has 2 aromatic rings. The Labute approximate surface area is 109 Å². The minimum Gasteiger partial charge on any atom is -0.496 e. The second-order valence-electron chi connectivity index (χ2n) is 3.29. The van der Waals surface area contributed by atoms with Crippen molar-refractivity contribution < 1.29 is 4.74 Å². The topological polar surface area (TPSA) is 47.0 Å². The van der Waals surface area contributed by atoms with Gasteiger partial charge in [0.1, 0.15) is 5.75 Å². The molecule has 1 N–H and O–H groups in total. The van der Waals surface area contributed by atoms with E-state index in [2.05, 4.69) is 15.5 Å². The standard InChI is InChI=1S/C11H12ClN3OS/c1-3-13-11-15-14-10(17-11)8-6-7(12)4-5-9(8)16-2/h4-6H,3H2,1-2H3,(H,13,15). The molecule has 0 atom stereocenters. The van der Waals surface area contributed by atoms with Crippen molar-refractivity contribution in [2.24, 2.45) is 0 Å². The first-order chi connectivity index (χ1) is 8.24. The maximum atomic E-state index is 5.98. The first kappa shape index (κ1) is 12.1. The summed E-state index contributed by atoms with van der Waals surface area (Å²) in [6.45, 7) is 2.84. The molecule has 0 saturated carbocycles. The SMILES string of the molecule is CCNc1nnc(-c2cc(Cl)ccc2OC)s1. The van der Waals surface area contributed by atoms with Crippen molar-refractivity contribution in [1.82, 2.24) is 10.2 Å². The third-order valence-electron chi connectivity index (χ3n) is 2.14. The number of aromatic nitrogens is 2. The van der Waals surface area contributed by atoms with Crippen LogP contribution in [-0.4, -0.2) is 23.9 Å².